The predicted molar refractivity (Wildman–Crippen MR) is 163 cm³/mol. The van der Waals surface area contributed by atoms with Gasteiger partial charge in [-0.2, -0.15) is 19.6 Å². The Morgan fingerprint density at radius 1 is 1.05 bits per heavy atom. The molecule has 2 N–H and O–H groups in total. The number of pyridine rings is 2. The first-order valence-corrected chi connectivity index (χ1v) is 13.5. The van der Waals surface area contributed by atoms with Gasteiger partial charge in [0, 0.05) is 41.1 Å². The van der Waals surface area contributed by atoms with Crippen molar-refractivity contribution in [1.29, 1.82) is 0 Å². The first-order valence-electron chi connectivity index (χ1n) is 13.5. The van der Waals surface area contributed by atoms with Crippen molar-refractivity contribution in [3.63, 3.8) is 0 Å². The van der Waals surface area contributed by atoms with Crippen LogP contribution in [-0.2, 0) is 11.3 Å². The summed E-state index contributed by atoms with van der Waals surface area (Å²) in [7, 11) is 0. The fourth-order valence-corrected chi connectivity index (χ4v) is 4.70. The minimum Gasteiger partial charge on any atom is -0.423 e. The summed E-state index contributed by atoms with van der Waals surface area (Å²) in [6, 6.07) is 19.6. The first kappa shape index (κ1) is 26.6. The molecule has 10 heteroatoms. The molecule has 208 valence electrons. The van der Waals surface area contributed by atoms with Gasteiger partial charge >= 0.3 is 6.01 Å². The molecular formula is C32H28N8O2. The number of ether oxygens (including phenoxy) is 1. The van der Waals surface area contributed by atoms with Gasteiger partial charge in [0.15, 0.2) is 5.65 Å². The molecule has 0 aliphatic carbocycles. The minimum absolute atomic E-state index is 0.198. The third-order valence-corrected chi connectivity index (χ3v) is 6.77. The summed E-state index contributed by atoms with van der Waals surface area (Å²) in [5.74, 6) is 0.984. The Morgan fingerprint density at radius 3 is 2.74 bits per heavy atom. The van der Waals surface area contributed by atoms with Crippen LogP contribution < -0.4 is 15.4 Å². The smallest absolute Gasteiger partial charge is 0.327 e. The molecule has 6 aromatic rings. The van der Waals surface area contributed by atoms with E-state index >= 15 is 0 Å². The van der Waals surface area contributed by atoms with E-state index in [2.05, 4.69) is 57.2 Å². The molecule has 42 heavy (non-hydrogen) atoms. The van der Waals surface area contributed by atoms with E-state index in [1.807, 2.05) is 48.7 Å². The molecule has 0 aliphatic rings. The average molecular weight is 557 g/mol. The standard InChI is InChI=1S/C32H28N8O2/c1-4-28(41)37-23-11-12-26-21(16-23)13-15-34-29(26)25-10-6-5-8-22(25)17-35-31-39-32(42-24-9-7-14-33-18-24)38-30-27(20(2)3)19-36-40(30)31/h4-16,18-20H,1,17H2,2-3H3,(H,37,41)(H,35,38,39). The Kier molecular flexibility index (Phi) is 7.25. The Labute approximate surface area is 242 Å². The van der Waals surface area contributed by atoms with Crippen LogP contribution in [0.15, 0.2) is 98.1 Å². The number of benzene rings is 2. The molecule has 0 saturated heterocycles. The lowest BCUT2D eigenvalue weighted by molar-refractivity contribution is -0.111. The fourth-order valence-electron chi connectivity index (χ4n) is 4.70. The lowest BCUT2D eigenvalue weighted by Gasteiger charge is -2.14. The summed E-state index contributed by atoms with van der Waals surface area (Å²) in [6.45, 7) is 8.15. The van der Waals surface area contributed by atoms with E-state index in [1.165, 1.54) is 6.08 Å². The summed E-state index contributed by atoms with van der Waals surface area (Å²) in [5, 5.41) is 12.8. The van der Waals surface area contributed by atoms with Gasteiger partial charge in [-0.1, -0.05) is 50.8 Å². The lowest BCUT2D eigenvalue weighted by atomic mass is 9.99. The van der Waals surface area contributed by atoms with Crippen LogP contribution in [0.2, 0.25) is 0 Å². The molecule has 0 radical (unpaired) electrons. The van der Waals surface area contributed by atoms with Crippen molar-refractivity contribution in [2.75, 3.05) is 10.6 Å². The number of nitrogens with one attached hydrogen (secondary N) is 2. The average Bonchev–Trinajstić information content (AvgIpc) is 3.45. The molecule has 0 saturated carbocycles. The maximum atomic E-state index is 11.8. The number of carbonyl (C=O) groups excluding carboxylic acids is 1. The highest BCUT2D eigenvalue weighted by atomic mass is 16.5. The van der Waals surface area contributed by atoms with Crippen molar-refractivity contribution >= 4 is 34.0 Å². The second-order valence-corrected chi connectivity index (χ2v) is 9.91. The van der Waals surface area contributed by atoms with Gasteiger partial charge in [-0.05, 0) is 53.3 Å². The van der Waals surface area contributed by atoms with Crippen molar-refractivity contribution < 1.29 is 9.53 Å². The van der Waals surface area contributed by atoms with Crippen LogP contribution in [0, 0.1) is 0 Å². The Bertz CT molecular complexity index is 1920. The molecule has 0 spiro atoms. The van der Waals surface area contributed by atoms with Crippen LogP contribution in [0.3, 0.4) is 0 Å². The number of rotatable bonds is 9. The van der Waals surface area contributed by atoms with E-state index in [9.17, 15) is 4.79 Å². The van der Waals surface area contributed by atoms with E-state index in [0.29, 0.717) is 29.6 Å². The highest BCUT2D eigenvalue weighted by Gasteiger charge is 2.17. The van der Waals surface area contributed by atoms with Gasteiger partial charge in [-0.3, -0.25) is 14.8 Å². The maximum absolute atomic E-state index is 11.8. The van der Waals surface area contributed by atoms with E-state index in [-0.39, 0.29) is 17.8 Å². The van der Waals surface area contributed by atoms with Crippen LogP contribution in [0.1, 0.15) is 30.9 Å². The van der Waals surface area contributed by atoms with E-state index in [0.717, 1.165) is 33.2 Å². The number of aromatic nitrogens is 6. The summed E-state index contributed by atoms with van der Waals surface area (Å²) >= 11 is 0. The number of carbonyl (C=O) groups is 1. The van der Waals surface area contributed by atoms with Crippen molar-refractivity contribution in [2.45, 2.75) is 26.3 Å². The normalized spacial score (nSPS) is 11.1. The molecular weight excluding hydrogens is 528 g/mol. The predicted octanol–water partition coefficient (Wildman–Crippen LogP) is 6.39. The maximum Gasteiger partial charge on any atom is 0.327 e. The largest absolute Gasteiger partial charge is 0.423 e. The molecule has 0 atom stereocenters. The van der Waals surface area contributed by atoms with E-state index < -0.39 is 0 Å². The number of hydrogen-bond donors (Lipinski definition) is 2. The summed E-state index contributed by atoms with van der Waals surface area (Å²) in [5.41, 5.74) is 5.17. The number of nitrogens with zero attached hydrogens (tertiary/aromatic N) is 6. The van der Waals surface area contributed by atoms with Crippen molar-refractivity contribution in [3.05, 3.63) is 109 Å². The monoisotopic (exact) mass is 556 g/mol. The van der Waals surface area contributed by atoms with Crippen molar-refractivity contribution in [2.24, 2.45) is 0 Å². The second kappa shape index (κ2) is 11.5. The van der Waals surface area contributed by atoms with Gasteiger partial charge in [0.05, 0.1) is 18.1 Å². The Balaban J connectivity index is 1.35. The van der Waals surface area contributed by atoms with Crippen LogP contribution in [0.4, 0.5) is 11.6 Å². The van der Waals surface area contributed by atoms with Gasteiger partial charge < -0.3 is 15.4 Å². The number of amides is 1. The molecule has 2 aromatic carbocycles. The number of hydrogen-bond acceptors (Lipinski definition) is 8. The highest BCUT2D eigenvalue weighted by Crippen LogP contribution is 2.31. The fraction of sp³-hybridized carbons (Fsp3) is 0.125. The number of fused-ring (bicyclic) bond motifs is 2. The summed E-state index contributed by atoms with van der Waals surface area (Å²) in [6.07, 6.45) is 8.13. The van der Waals surface area contributed by atoms with Crippen molar-refractivity contribution in [3.8, 4) is 23.0 Å². The molecule has 1 amide bonds. The zero-order valence-electron chi connectivity index (χ0n) is 23.2. The third kappa shape index (κ3) is 5.37. The molecule has 0 unspecified atom stereocenters. The van der Waals surface area contributed by atoms with Gasteiger partial charge in [-0.25, -0.2) is 0 Å². The third-order valence-electron chi connectivity index (χ3n) is 6.77. The zero-order valence-corrected chi connectivity index (χ0v) is 23.2. The van der Waals surface area contributed by atoms with Gasteiger partial charge in [0.25, 0.3) is 0 Å². The number of anilines is 2. The Morgan fingerprint density at radius 2 is 1.93 bits per heavy atom. The van der Waals surface area contributed by atoms with E-state index in [1.54, 1.807) is 35.2 Å². The van der Waals surface area contributed by atoms with E-state index in [4.69, 9.17) is 9.72 Å². The molecule has 4 heterocycles. The van der Waals surface area contributed by atoms with Crippen molar-refractivity contribution in [1.82, 2.24) is 29.5 Å². The van der Waals surface area contributed by atoms with Crippen LogP contribution in [0.5, 0.6) is 11.8 Å². The zero-order chi connectivity index (χ0) is 29.1. The first-order chi connectivity index (χ1) is 20.5. The van der Waals surface area contributed by atoms with Crippen LogP contribution >= 0.6 is 0 Å². The highest BCUT2D eigenvalue weighted by molar-refractivity contribution is 6.02. The van der Waals surface area contributed by atoms with Gasteiger partial charge in [0.2, 0.25) is 11.9 Å². The van der Waals surface area contributed by atoms with Gasteiger partial charge in [-0.15, -0.1) is 0 Å². The molecule has 0 bridgehead atoms. The summed E-state index contributed by atoms with van der Waals surface area (Å²) < 4.78 is 7.66. The SMILES string of the molecule is C=CC(=O)Nc1ccc2c(-c3ccccc3CNc3nc(Oc4cccnc4)nc4c(C(C)C)cnn34)nccc2c1. The molecule has 10 nitrogen and oxygen atoms in total. The van der Waals surface area contributed by atoms with Crippen LogP contribution in [-0.4, -0.2) is 35.5 Å². The topological polar surface area (TPSA) is 119 Å². The van der Waals surface area contributed by atoms with Crippen LogP contribution in [0.25, 0.3) is 27.7 Å². The van der Waals surface area contributed by atoms with Gasteiger partial charge in [0.1, 0.15) is 5.75 Å². The molecule has 6 rings (SSSR count). The second-order valence-electron chi connectivity index (χ2n) is 9.91. The Hall–Kier alpha value is -5.64. The lowest BCUT2D eigenvalue weighted by Crippen LogP contribution is -2.10. The molecule has 4 aromatic heterocycles. The molecule has 0 fully saturated rings. The molecule has 0 aliphatic heterocycles. The quantitative estimate of drug-likeness (QED) is 0.197. The minimum atomic E-state index is -0.259. The summed E-state index contributed by atoms with van der Waals surface area (Å²) in [4.78, 5) is 29.9.